The van der Waals surface area contributed by atoms with E-state index >= 15 is 0 Å². The van der Waals surface area contributed by atoms with Crippen LogP contribution in [0, 0.1) is 0 Å². The number of hydrogen-bond acceptors (Lipinski definition) is 30. The fourth-order valence-electron chi connectivity index (χ4n) is 12.9. The summed E-state index contributed by atoms with van der Waals surface area (Å²) in [6.45, 7) is 15.9. The topological polar surface area (TPSA) is 571 Å². The van der Waals surface area contributed by atoms with Gasteiger partial charge in [-0.2, -0.15) is 0 Å². The maximum atomic E-state index is 12.5. The minimum Gasteiger partial charge on any atom is -0.467 e. The molecule has 0 fully saturated rings. The minimum atomic E-state index is -4.61. The second-order valence-corrected chi connectivity index (χ2v) is 41.5. The molecule has 0 saturated carbocycles. The summed E-state index contributed by atoms with van der Waals surface area (Å²) in [5.74, 6) is -3.11. The number of hydrogen-bond donors (Lipinski definition) is 7. The van der Waals surface area contributed by atoms with Crippen molar-refractivity contribution in [2.75, 3.05) is 59.5 Å². The number of nitrogens with zero attached hydrogens (tertiary/aromatic N) is 12. The Hall–Kier alpha value is -13.3. The molecule has 49 heteroatoms. The van der Waals surface area contributed by atoms with Crippen molar-refractivity contribution in [3.63, 3.8) is 0 Å². The largest absolute Gasteiger partial charge is 0.467 e. The van der Waals surface area contributed by atoms with Crippen LogP contribution in [-0.4, -0.2) is 160 Å². The zero-order chi connectivity index (χ0) is 102. The summed E-state index contributed by atoms with van der Waals surface area (Å²) in [5, 5.41) is 5.79. The molecule has 0 aliphatic rings. The van der Waals surface area contributed by atoms with E-state index in [-0.39, 0.29) is 90.6 Å². The van der Waals surface area contributed by atoms with E-state index in [1.807, 2.05) is 53.6 Å². The van der Waals surface area contributed by atoms with Gasteiger partial charge in [0, 0.05) is 73.2 Å². The van der Waals surface area contributed by atoms with Gasteiger partial charge in [0.25, 0.3) is 58.6 Å². The Labute approximate surface area is 793 Å². The maximum Gasteiger partial charge on any atom is 0.435 e. The molecule has 6 aromatic heterocycles. The van der Waals surface area contributed by atoms with E-state index in [0.29, 0.717) is 71.8 Å². The van der Waals surface area contributed by atoms with Gasteiger partial charge in [-0.25, -0.2) is 39.0 Å². The monoisotopic (exact) mass is 2030 g/mol. The average molecular weight is 2030 g/mol. The molecular formula is C90H101N15O28P6. The van der Waals surface area contributed by atoms with E-state index in [2.05, 4.69) is 48.1 Å². The van der Waals surface area contributed by atoms with Crippen molar-refractivity contribution < 1.29 is 103 Å². The summed E-state index contributed by atoms with van der Waals surface area (Å²) in [6.07, 6.45) is -1.14. The molecule has 4 unspecified atom stereocenters. The molecule has 43 nitrogen and oxygen atoms in total. The molecule has 0 aliphatic heterocycles. The average Bonchev–Trinajstić information content (AvgIpc) is 0.810. The van der Waals surface area contributed by atoms with Crippen LogP contribution in [0.1, 0.15) is 98.6 Å². The second kappa shape index (κ2) is 48.8. The highest BCUT2D eigenvalue weighted by Gasteiger charge is 2.33. The summed E-state index contributed by atoms with van der Waals surface area (Å²) in [5.41, 5.74) is 3.88. The van der Waals surface area contributed by atoms with Gasteiger partial charge in [0.05, 0.1) is 111 Å². The normalized spacial score (nSPS) is 12.9. The number of aryl methyl sites for hydroxylation is 6. The lowest BCUT2D eigenvalue weighted by molar-refractivity contribution is 0.0771. The van der Waals surface area contributed by atoms with Gasteiger partial charge in [0.1, 0.15) is 22.9 Å². The van der Waals surface area contributed by atoms with E-state index in [1.54, 1.807) is 212 Å². The number of fused-ring (bicyclic) bond motifs is 6. The van der Waals surface area contributed by atoms with Gasteiger partial charge in [-0.15, -0.1) is 0 Å². The van der Waals surface area contributed by atoms with Crippen molar-refractivity contribution in [3.05, 3.63) is 327 Å². The lowest BCUT2D eigenvalue weighted by Crippen LogP contribution is -2.33. The highest BCUT2D eigenvalue weighted by atomic mass is 31.2. The summed E-state index contributed by atoms with van der Waals surface area (Å²) >= 11 is 0. The van der Waals surface area contributed by atoms with Gasteiger partial charge >= 0.3 is 30.7 Å². The van der Waals surface area contributed by atoms with E-state index in [9.17, 15) is 90.0 Å². The van der Waals surface area contributed by atoms with Crippen LogP contribution in [0.4, 0.5) is 0 Å². The first-order chi connectivity index (χ1) is 65.7. The molecular weight excluding hydrogens is 1920 g/mol. The number of rotatable bonds is 32. The molecule has 0 radical (unpaired) electrons. The van der Waals surface area contributed by atoms with Gasteiger partial charge < -0.3 is 65.5 Å². The van der Waals surface area contributed by atoms with Crippen LogP contribution in [0.5, 0.6) is 0 Å². The zero-order valence-electron chi connectivity index (χ0n) is 77.3. The molecule has 0 bridgehead atoms. The van der Waals surface area contributed by atoms with E-state index in [1.165, 1.54) is 55.2 Å². The lowest BCUT2D eigenvalue weighted by atomic mass is 10.2. The van der Waals surface area contributed by atoms with Crippen LogP contribution in [0.3, 0.4) is 0 Å². The number of aromatic nitrogens is 12. The van der Waals surface area contributed by atoms with Crippen LogP contribution >= 0.6 is 45.6 Å². The number of ketones is 1. The Kier molecular flexibility index (Phi) is 38.4. The molecule has 8 aromatic carbocycles. The van der Waals surface area contributed by atoms with Crippen LogP contribution < -0.4 is 48.6 Å². The highest BCUT2D eigenvalue weighted by Crippen LogP contribution is 2.51. The fourth-order valence-corrected chi connectivity index (χ4v) is 18.4. The number of Topliss-reactive ketones (excluding diaryl/α,β-unsaturated/α-hetero) is 1. The van der Waals surface area contributed by atoms with E-state index < -0.39 is 122 Å². The first kappa shape index (κ1) is 109. The Morgan fingerprint density at radius 1 is 0.345 bits per heavy atom. The van der Waals surface area contributed by atoms with E-state index in [0.717, 1.165) is 12.2 Å². The van der Waals surface area contributed by atoms with Gasteiger partial charge in [0.2, 0.25) is 7.37 Å². The number of benzene rings is 8. The number of ether oxygens (including phenoxy) is 2. The molecule has 734 valence electrons. The molecule has 14 rings (SSSR count). The van der Waals surface area contributed by atoms with Gasteiger partial charge in [-0.1, -0.05) is 147 Å². The molecule has 6 heterocycles. The Bertz CT molecular complexity index is 7640. The summed E-state index contributed by atoms with van der Waals surface area (Å²) in [7, 11) is -13.6. The van der Waals surface area contributed by atoms with Crippen LogP contribution in [0.25, 0.3) is 77.7 Å². The third kappa shape index (κ3) is 30.1. The molecule has 3 amide bonds. The lowest BCUT2D eigenvalue weighted by Gasteiger charge is -2.17. The molecule has 14 aromatic rings. The van der Waals surface area contributed by atoms with Gasteiger partial charge in [-0.3, -0.25) is 99.6 Å². The van der Waals surface area contributed by atoms with Crippen LogP contribution in [0.15, 0.2) is 248 Å². The third-order valence-electron chi connectivity index (χ3n) is 19.5. The van der Waals surface area contributed by atoms with Crippen molar-refractivity contribution in [1.29, 1.82) is 0 Å². The highest BCUT2D eigenvalue weighted by molar-refractivity contribution is 7.56. The molecule has 7 N–H and O–H groups in total. The molecule has 0 spiro atoms. The number of nitrogens with one attached hydrogen (secondary N) is 3. The van der Waals surface area contributed by atoms with Gasteiger partial charge in [-0.05, 0) is 100 Å². The number of carbonyl (C=O) groups is 4. The zero-order valence-corrected chi connectivity index (χ0v) is 82.6. The summed E-state index contributed by atoms with van der Waals surface area (Å²) in [4.78, 5) is 185. The van der Waals surface area contributed by atoms with Crippen molar-refractivity contribution in [2.45, 2.75) is 46.4 Å². The molecule has 139 heavy (non-hydrogen) atoms. The van der Waals surface area contributed by atoms with Crippen molar-refractivity contribution in [3.8, 4) is 0 Å². The first-order valence-corrected chi connectivity index (χ1v) is 53.0. The summed E-state index contributed by atoms with van der Waals surface area (Å²) in [6, 6.07) is 59.7. The standard InChI is InChI=1S/C21H21N2O6P.C19H18N3O6P.C14H18N3O5P.C14H19N2O4P.C11H12N3O4P.C11H13N2O3P/c1-15(16-8-4-3-5-9-16)28-14-29-30(26,27)13-12-19(24)20-21(25)23(2)18-11-7-6-10-17(18)22-20;1-13(14-8-4-3-5-9-14)27-12-28-29(25,26)21-18(23)17-19(24)22(2)16-11-7-6-10-15(16)20-17;1-4-21-23(20,22-5-2)16-13(18)12-14(19)17(3)11-9-7-6-8-10(11)15-12;1-4-19-21(18,20-5-2)10-12-14(17)16(3)13-9-7-6-8-11(13)15-12;1-14-8-6-4-3-5-7(8)12-9(11(14)16)10(15)13-19(2,17)18;1-13-10-6-4-3-5-8(10)12-9(11(13)14)7-17(2,15)16/h3-11H,1,12-14H2,2H3,(H,26,27);3-11H,1,12H2,2H3,(H2,21,23,25,26);6-9H,4-5H2,1-3H3,(H,16,18,20);6-9H,4-5,10H2,1-3H3;3-6H,1-2H3,(H2,13,15,17,18);3-6H,7H2,1-2H3,(H,15,16). The predicted molar refractivity (Wildman–Crippen MR) is 523 cm³/mol. The molecule has 0 aliphatic carbocycles. The number of para-hydroxylation sites is 12. The maximum absolute atomic E-state index is 12.5. The Morgan fingerprint density at radius 3 is 0.957 bits per heavy atom. The first-order valence-electron chi connectivity index (χ1n) is 41.9. The van der Waals surface area contributed by atoms with Crippen LogP contribution in [0.2, 0.25) is 0 Å². The number of amides is 3. The summed E-state index contributed by atoms with van der Waals surface area (Å²) < 4.78 is 120. The van der Waals surface area contributed by atoms with Crippen molar-refractivity contribution >= 4 is 147 Å². The smallest absolute Gasteiger partial charge is 0.435 e. The number of carbonyl (C=O) groups excluding carboxylic acids is 4. The molecule has 4 atom stereocenters. The Morgan fingerprint density at radius 2 is 0.626 bits per heavy atom. The van der Waals surface area contributed by atoms with E-state index in [4.69, 9.17) is 41.5 Å². The quantitative estimate of drug-likeness (QED) is 0.00891. The minimum absolute atomic E-state index is 0.0840. The fraction of sp³-hybridized carbons (Fsp3) is 0.244. The van der Waals surface area contributed by atoms with Crippen LogP contribution in [-0.2, 0) is 119 Å². The Balaban J connectivity index is 0.000000189. The SMILES string of the molecule is C=C(OCOP(=O)(O)CCC(=O)c1nc2ccccc2n(C)c1=O)c1ccccc1.C=C(OCOP(=O)(O)NC(=O)c1nc2ccccc2n(C)c1=O)c1ccccc1.CCOP(=O)(Cc1nc2ccccc2n(C)c1=O)OCC.CCOP(=O)(NC(=O)c1nc2ccccc2n(C)c1=O)OCC.Cn1c(=O)c(C(=O)NP(C)(=O)O)nc2ccccc21.Cn1c(=O)c(CP(C)(=O)O)nc2ccccc21. The van der Waals surface area contributed by atoms with Crippen molar-refractivity contribution in [2.24, 2.45) is 42.3 Å². The van der Waals surface area contributed by atoms with Gasteiger partial charge in [0.15, 0.2) is 42.1 Å². The second-order valence-electron chi connectivity index (χ2n) is 29.8. The molecule has 0 saturated heterocycles. The third-order valence-corrected chi connectivity index (χ3v) is 26.9. The predicted octanol–water partition coefficient (Wildman–Crippen LogP) is 12.1. The van der Waals surface area contributed by atoms with Crippen molar-refractivity contribution in [1.82, 2.24) is 72.6 Å².